The minimum atomic E-state index is -4.67. The summed E-state index contributed by atoms with van der Waals surface area (Å²) in [6.45, 7) is 0. The van der Waals surface area contributed by atoms with Gasteiger partial charge in [0.2, 0.25) is 0 Å². The van der Waals surface area contributed by atoms with Crippen molar-refractivity contribution in [1.82, 2.24) is 19.9 Å². The van der Waals surface area contributed by atoms with Crippen LogP contribution in [-0.4, -0.2) is 37.5 Å². The SMILES string of the molecule is O=S(=O)(O)O.c1ccc2[nH]cnc2c1.c1ccc2[nH]cnc2c1. The molecule has 4 N–H and O–H groups in total. The smallest absolute Gasteiger partial charge is 0.345 e. The van der Waals surface area contributed by atoms with Crippen LogP contribution in [-0.2, 0) is 10.4 Å². The molecule has 2 aromatic carbocycles. The van der Waals surface area contributed by atoms with Gasteiger partial charge < -0.3 is 9.97 Å². The molecule has 0 saturated heterocycles. The standard InChI is InChI=1S/2C7H6N2.H2O4S/c2*1-2-4-7-6(3-1)8-5-9-7;1-5(2,3)4/h2*1-5H,(H,8,9);(H2,1,2,3,4). The minimum absolute atomic E-state index is 1.03. The fourth-order valence-electron chi connectivity index (χ4n) is 1.76. The molecule has 0 radical (unpaired) electrons. The Kier molecular flexibility index (Phi) is 5.41. The maximum Gasteiger partial charge on any atom is 0.394 e. The second-order valence-corrected chi connectivity index (χ2v) is 5.18. The van der Waals surface area contributed by atoms with E-state index in [2.05, 4.69) is 19.9 Å². The predicted octanol–water partition coefficient (Wildman–Crippen LogP) is 2.47. The van der Waals surface area contributed by atoms with E-state index >= 15 is 0 Å². The summed E-state index contributed by atoms with van der Waals surface area (Å²) < 4.78 is 31.6. The number of imidazole rings is 2. The predicted molar refractivity (Wildman–Crippen MR) is 86.4 cm³/mol. The van der Waals surface area contributed by atoms with E-state index in [1.54, 1.807) is 12.7 Å². The van der Waals surface area contributed by atoms with Crippen LogP contribution in [0.2, 0.25) is 0 Å². The Morgan fingerprint density at radius 2 is 1.09 bits per heavy atom. The molecule has 0 atom stereocenters. The Hall–Kier alpha value is -2.75. The highest BCUT2D eigenvalue weighted by atomic mass is 32.3. The van der Waals surface area contributed by atoms with E-state index in [1.165, 1.54) is 0 Å². The second-order valence-electron chi connectivity index (χ2n) is 4.29. The number of hydrogen-bond acceptors (Lipinski definition) is 4. The summed E-state index contributed by atoms with van der Waals surface area (Å²) in [5.41, 5.74) is 4.24. The van der Waals surface area contributed by atoms with E-state index in [9.17, 15) is 0 Å². The average molecular weight is 334 g/mol. The quantitative estimate of drug-likeness (QED) is 0.365. The lowest BCUT2D eigenvalue weighted by Gasteiger charge is -1.81. The molecule has 8 nitrogen and oxygen atoms in total. The summed E-state index contributed by atoms with van der Waals surface area (Å²) in [7, 11) is -4.67. The van der Waals surface area contributed by atoms with Gasteiger partial charge in [-0.25, -0.2) is 9.97 Å². The van der Waals surface area contributed by atoms with Crippen LogP contribution in [0.4, 0.5) is 0 Å². The van der Waals surface area contributed by atoms with Crippen LogP contribution in [0.1, 0.15) is 0 Å². The number of nitrogens with one attached hydrogen (secondary N) is 2. The van der Waals surface area contributed by atoms with Crippen LogP contribution in [0.25, 0.3) is 22.1 Å². The Labute approximate surface area is 131 Å². The molecule has 23 heavy (non-hydrogen) atoms. The zero-order valence-corrected chi connectivity index (χ0v) is 12.6. The highest BCUT2D eigenvalue weighted by molar-refractivity contribution is 7.79. The summed E-state index contributed by atoms with van der Waals surface area (Å²) in [4.78, 5) is 14.1. The van der Waals surface area contributed by atoms with Crippen LogP contribution >= 0.6 is 0 Å². The number of nitrogens with zero attached hydrogens (tertiary/aromatic N) is 2. The van der Waals surface area contributed by atoms with Crippen molar-refractivity contribution in [2.24, 2.45) is 0 Å². The number of benzene rings is 2. The zero-order valence-electron chi connectivity index (χ0n) is 11.8. The summed E-state index contributed by atoms with van der Waals surface area (Å²) in [6, 6.07) is 15.9. The van der Waals surface area contributed by atoms with Crippen molar-refractivity contribution in [3.05, 3.63) is 61.2 Å². The third kappa shape index (κ3) is 5.87. The molecule has 4 rings (SSSR count). The number of para-hydroxylation sites is 4. The van der Waals surface area contributed by atoms with E-state index in [-0.39, 0.29) is 0 Å². The number of H-pyrrole nitrogens is 2. The first-order valence-electron chi connectivity index (χ1n) is 6.39. The van der Waals surface area contributed by atoms with Gasteiger partial charge in [-0.15, -0.1) is 0 Å². The molecule has 2 heterocycles. The molecule has 0 spiro atoms. The van der Waals surface area contributed by atoms with Gasteiger partial charge >= 0.3 is 10.4 Å². The normalized spacial score (nSPS) is 10.5. The topological polar surface area (TPSA) is 132 Å². The molecule has 0 aliphatic heterocycles. The highest BCUT2D eigenvalue weighted by Gasteiger charge is 1.89. The molecule has 0 saturated carbocycles. The van der Waals surface area contributed by atoms with E-state index in [0.717, 1.165) is 22.1 Å². The largest absolute Gasteiger partial charge is 0.394 e. The fraction of sp³-hybridized carbons (Fsp3) is 0. The third-order valence-electron chi connectivity index (χ3n) is 2.66. The maximum absolute atomic E-state index is 8.74. The van der Waals surface area contributed by atoms with Gasteiger partial charge in [0.25, 0.3) is 0 Å². The van der Waals surface area contributed by atoms with Crippen LogP contribution in [0, 0.1) is 0 Å². The van der Waals surface area contributed by atoms with Gasteiger partial charge in [-0.05, 0) is 24.3 Å². The lowest BCUT2D eigenvalue weighted by atomic mass is 10.3. The molecule has 0 aliphatic rings. The van der Waals surface area contributed by atoms with E-state index in [0.29, 0.717) is 0 Å². The first-order valence-corrected chi connectivity index (χ1v) is 7.79. The van der Waals surface area contributed by atoms with Gasteiger partial charge in [-0.2, -0.15) is 8.42 Å². The van der Waals surface area contributed by atoms with Crippen molar-refractivity contribution >= 4 is 32.5 Å². The first kappa shape index (κ1) is 16.6. The van der Waals surface area contributed by atoms with Gasteiger partial charge in [0.1, 0.15) is 0 Å². The molecule has 2 aromatic heterocycles. The Morgan fingerprint density at radius 3 is 1.43 bits per heavy atom. The Morgan fingerprint density at radius 1 is 0.739 bits per heavy atom. The van der Waals surface area contributed by atoms with Crippen LogP contribution in [0.5, 0.6) is 0 Å². The van der Waals surface area contributed by atoms with Gasteiger partial charge in [-0.1, -0.05) is 24.3 Å². The zero-order chi connectivity index (χ0) is 16.7. The molecule has 0 bridgehead atoms. The van der Waals surface area contributed by atoms with Crippen molar-refractivity contribution in [2.45, 2.75) is 0 Å². The Bertz CT molecular complexity index is 844. The van der Waals surface area contributed by atoms with Gasteiger partial charge in [-0.3, -0.25) is 9.11 Å². The first-order chi connectivity index (χ1) is 10.9. The van der Waals surface area contributed by atoms with Gasteiger partial charge in [0.05, 0.1) is 34.7 Å². The highest BCUT2D eigenvalue weighted by Crippen LogP contribution is 2.06. The van der Waals surface area contributed by atoms with E-state index in [4.69, 9.17) is 17.5 Å². The van der Waals surface area contributed by atoms with Gasteiger partial charge in [0.15, 0.2) is 0 Å². The maximum atomic E-state index is 8.74. The molecular weight excluding hydrogens is 320 g/mol. The lowest BCUT2D eigenvalue weighted by molar-refractivity contribution is 0.381. The third-order valence-corrected chi connectivity index (χ3v) is 2.66. The lowest BCUT2D eigenvalue weighted by Crippen LogP contribution is -1.89. The minimum Gasteiger partial charge on any atom is -0.345 e. The molecule has 120 valence electrons. The number of aromatic amines is 2. The fourth-order valence-corrected chi connectivity index (χ4v) is 1.76. The number of rotatable bonds is 0. The van der Waals surface area contributed by atoms with Crippen molar-refractivity contribution in [2.75, 3.05) is 0 Å². The van der Waals surface area contributed by atoms with Crippen LogP contribution < -0.4 is 0 Å². The summed E-state index contributed by atoms with van der Waals surface area (Å²) in [5, 5.41) is 0. The van der Waals surface area contributed by atoms with Crippen LogP contribution in [0.15, 0.2) is 61.2 Å². The molecule has 0 aliphatic carbocycles. The van der Waals surface area contributed by atoms with Crippen molar-refractivity contribution in [1.29, 1.82) is 0 Å². The van der Waals surface area contributed by atoms with E-state index < -0.39 is 10.4 Å². The van der Waals surface area contributed by atoms with Crippen LogP contribution in [0.3, 0.4) is 0 Å². The molecule has 9 heteroatoms. The molecular formula is C14H14N4O4S. The number of fused-ring (bicyclic) bond motifs is 2. The molecule has 4 aromatic rings. The summed E-state index contributed by atoms with van der Waals surface area (Å²) >= 11 is 0. The number of hydrogen-bond donors (Lipinski definition) is 4. The monoisotopic (exact) mass is 334 g/mol. The Balaban J connectivity index is 0.000000132. The summed E-state index contributed by atoms with van der Waals surface area (Å²) in [5.74, 6) is 0. The van der Waals surface area contributed by atoms with E-state index in [1.807, 2.05) is 48.5 Å². The molecule has 0 amide bonds. The number of aromatic nitrogens is 4. The van der Waals surface area contributed by atoms with Crippen molar-refractivity contribution in [3.8, 4) is 0 Å². The molecule has 0 fully saturated rings. The van der Waals surface area contributed by atoms with Crippen molar-refractivity contribution in [3.63, 3.8) is 0 Å². The average Bonchev–Trinajstić information content (AvgIpc) is 3.15. The van der Waals surface area contributed by atoms with Crippen molar-refractivity contribution < 1.29 is 17.5 Å². The van der Waals surface area contributed by atoms with Gasteiger partial charge in [0, 0.05) is 0 Å². The molecule has 0 unspecified atom stereocenters. The summed E-state index contributed by atoms with van der Waals surface area (Å²) in [6.07, 6.45) is 3.40. The second kappa shape index (κ2) is 7.49.